The SMILES string of the molecule is CC(O)C1=NC(C)(C)N([O])C1(C)C. The summed E-state index contributed by atoms with van der Waals surface area (Å²) in [5, 5.41) is 22.1. The van der Waals surface area contributed by atoms with E-state index in [2.05, 4.69) is 4.99 Å². The van der Waals surface area contributed by atoms with E-state index in [9.17, 15) is 10.3 Å². The molecule has 1 atom stereocenters. The number of hydroxylamine groups is 2. The molecule has 1 radical (unpaired) electrons. The van der Waals surface area contributed by atoms with E-state index in [0.29, 0.717) is 5.71 Å². The fraction of sp³-hybridized carbons (Fsp3) is 0.889. The highest BCUT2D eigenvalue weighted by molar-refractivity contribution is 5.97. The Labute approximate surface area is 78.9 Å². The first-order valence-electron chi connectivity index (χ1n) is 4.45. The second-order valence-corrected chi connectivity index (χ2v) is 4.52. The molecule has 0 fully saturated rings. The Kier molecular flexibility index (Phi) is 2.26. The smallest absolute Gasteiger partial charge is 0.134 e. The minimum absolute atomic E-state index is 0.563. The fourth-order valence-corrected chi connectivity index (χ4v) is 1.87. The van der Waals surface area contributed by atoms with Gasteiger partial charge in [0, 0.05) is 0 Å². The van der Waals surface area contributed by atoms with Crippen molar-refractivity contribution in [3.8, 4) is 0 Å². The Morgan fingerprint density at radius 3 is 2.00 bits per heavy atom. The molecule has 0 aromatic carbocycles. The molecular formula is C9H17N2O2. The molecule has 0 spiro atoms. The van der Waals surface area contributed by atoms with Crippen LogP contribution in [-0.4, -0.2) is 33.2 Å². The molecule has 75 valence electrons. The zero-order valence-electron chi connectivity index (χ0n) is 8.83. The lowest BCUT2D eigenvalue weighted by molar-refractivity contribution is -0.241. The van der Waals surface area contributed by atoms with E-state index in [1.807, 2.05) is 0 Å². The predicted molar refractivity (Wildman–Crippen MR) is 49.8 cm³/mol. The van der Waals surface area contributed by atoms with Crippen molar-refractivity contribution in [1.82, 2.24) is 5.06 Å². The number of rotatable bonds is 1. The molecule has 4 nitrogen and oxygen atoms in total. The average molecular weight is 185 g/mol. The van der Waals surface area contributed by atoms with Crippen LogP contribution in [-0.2, 0) is 5.21 Å². The van der Waals surface area contributed by atoms with E-state index in [4.69, 9.17) is 0 Å². The highest BCUT2D eigenvalue weighted by Crippen LogP contribution is 2.34. The highest BCUT2D eigenvalue weighted by atomic mass is 16.5. The van der Waals surface area contributed by atoms with Crippen molar-refractivity contribution in [2.75, 3.05) is 0 Å². The molecule has 0 bridgehead atoms. The van der Waals surface area contributed by atoms with Gasteiger partial charge in [0.15, 0.2) is 0 Å². The summed E-state index contributed by atoms with van der Waals surface area (Å²) < 4.78 is 0. The molecule has 0 amide bonds. The van der Waals surface area contributed by atoms with Gasteiger partial charge in [0.05, 0.1) is 17.4 Å². The monoisotopic (exact) mass is 185 g/mol. The number of hydrogen-bond acceptors (Lipinski definition) is 3. The van der Waals surface area contributed by atoms with Crippen LogP contribution in [0.25, 0.3) is 0 Å². The summed E-state index contributed by atoms with van der Waals surface area (Å²) in [4.78, 5) is 4.23. The molecule has 1 aliphatic heterocycles. The average Bonchev–Trinajstić information content (AvgIpc) is 2.11. The van der Waals surface area contributed by atoms with E-state index < -0.39 is 17.3 Å². The second kappa shape index (κ2) is 2.77. The number of aliphatic hydroxyl groups excluding tert-OH is 1. The van der Waals surface area contributed by atoms with Crippen LogP contribution < -0.4 is 0 Å². The van der Waals surface area contributed by atoms with Crippen LogP contribution in [0.15, 0.2) is 4.99 Å². The second-order valence-electron chi connectivity index (χ2n) is 4.52. The molecule has 1 aliphatic rings. The zero-order chi connectivity index (χ0) is 10.4. The molecular weight excluding hydrogens is 168 g/mol. The minimum atomic E-state index is -0.754. The summed E-state index contributed by atoms with van der Waals surface area (Å²) in [6.45, 7) is 8.69. The molecule has 1 rings (SSSR count). The Morgan fingerprint density at radius 1 is 1.38 bits per heavy atom. The Bertz CT molecular complexity index is 244. The molecule has 0 aromatic heterocycles. The normalized spacial score (nSPS) is 28.7. The summed E-state index contributed by atoms with van der Waals surface area (Å²) >= 11 is 0. The molecule has 0 aliphatic carbocycles. The van der Waals surface area contributed by atoms with Crippen molar-refractivity contribution >= 4 is 5.71 Å². The van der Waals surface area contributed by atoms with E-state index in [-0.39, 0.29) is 0 Å². The molecule has 13 heavy (non-hydrogen) atoms. The van der Waals surface area contributed by atoms with Gasteiger partial charge in [-0.1, -0.05) is 0 Å². The van der Waals surface area contributed by atoms with Crippen LogP contribution in [0.1, 0.15) is 34.6 Å². The summed E-state index contributed by atoms with van der Waals surface area (Å²) in [5.74, 6) is 0. The van der Waals surface area contributed by atoms with Gasteiger partial charge in [0.2, 0.25) is 0 Å². The first kappa shape index (κ1) is 10.6. The van der Waals surface area contributed by atoms with Crippen molar-refractivity contribution in [1.29, 1.82) is 0 Å². The summed E-state index contributed by atoms with van der Waals surface area (Å²) in [6.07, 6.45) is -0.659. The Hall–Kier alpha value is -0.450. The molecule has 1 unspecified atom stereocenters. The van der Waals surface area contributed by atoms with Gasteiger partial charge in [-0.25, -0.2) is 0 Å². The van der Waals surface area contributed by atoms with Crippen molar-refractivity contribution in [2.45, 2.75) is 51.9 Å². The summed E-state index contributed by atoms with van der Waals surface area (Å²) in [5.41, 5.74) is -0.888. The lowest BCUT2D eigenvalue weighted by atomic mass is 9.95. The zero-order valence-corrected chi connectivity index (χ0v) is 8.83. The fourth-order valence-electron chi connectivity index (χ4n) is 1.87. The topological polar surface area (TPSA) is 55.7 Å². The van der Waals surface area contributed by atoms with E-state index in [0.717, 1.165) is 5.06 Å². The highest BCUT2D eigenvalue weighted by Gasteiger charge is 2.49. The van der Waals surface area contributed by atoms with Crippen LogP contribution >= 0.6 is 0 Å². The van der Waals surface area contributed by atoms with Crippen molar-refractivity contribution < 1.29 is 10.3 Å². The third-order valence-corrected chi connectivity index (χ3v) is 2.42. The Morgan fingerprint density at radius 2 is 1.85 bits per heavy atom. The maximum atomic E-state index is 11.8. The lowest BCUT2D eigenvalue weighted by Crippen LogP contribution is -2.51. The predicted octanol–water partition coefficient (Wildman–Crippen LogP) is 0.984. The molecule has 0 aromatic rings. The van der Waals surface area contributed by atoms with Gasteiger partial charge in [-0.15, -0.1) is 10.3 Å². The first-order chi connectivity index (χ1) is 5.69. The quantitative estimate of drug-likeness (QED) is 0.662. The molecule has 4 heteroatoms. The van der Waals surface area contributed by atoms with Gasteiger partial charge in [-0.05, 0) is 34.6 Å². The Balaban J connectivity index is 3.10. The minimum Gasteiger partial charge on any atom is -0.387 e. The van der Waals surface area contributed by atoms with Crippen LogP contribution in [0.2, 0.25) is 0 Å². The molecule has 1 heterocycles. The van der Waals surface area contributed by atoms with Crippen molar-refractivity contribution in [2.24, 2.45) is 4.99 Å². The summed E-state index contributed by atoms with van der Waals surface area (Å²) in [7, 11) is 0. The lowest BCUT2D eigenvalue weighted by Gasteiger charge is -2.31. The van der Waals surface area contributed by atoms with Crippen LogP contribution in [0.5, 0.6) is 0 Å². The molecule has 0 saturated carbocycles. The largest absolute Gasteiger partial charge is 0.387 e. The standard InChI is InChI=1S/C9H17N2O2/c1-6(12)7-8(2,3)11(13)9(4,5)10-7/h6,12H,1-5H3. The van der Waals surface area contributed by atoms with E-state index in [1.165, 1.54) is 0 Å². The number of hydrogen-bond donors (Lipinski definition) is 1. The van der Waals surface area contributed by atoms with Gasteiger partial charge in [0.1, 0.15) is 5.66 Å². The van der Waals surface area contributed by atoms with Gasteiger partial charge in [0.25, 0.3) is 0 Å². The number of aliphatic hydroxyl groups is 1. The number of aliphatic imine (C=N–C) groups is 1. The molecule has 1 N–H and O–H groups in total. The first-order valence-corrected chi connectivity index (χ1v) is 4.45. The summed E-state index contributed by atoms with van der Waals surface area (Å²) in [6, 6.07) is 0. The van der Waals surface area contributed by atoms with E-state index in [1.54, 1.807) is 34.6 Å². The van der Waals surface area contributed by atoms with Gasteiger partial charge < -0.3 is 5.11 Å². The van der Waals surface area contributed by atoms with Gasteiger partial charge >= 0.3 is 0 Å². The third-order valence-electron chi connectivity index (χ3n) is 2.42. The van der Waals surface area contributed by atoms with Crippen molar-refractivity contribution in [3.05, 3.63) is 0 Å². The van der Waals surface area contributed by atoms with Crippen LogP contribution in [0, 0.1) is 0 Å². The van der Waals surface area contributed by atoms with Crippen LogP contribution in [0.4, 0.5) is 0 Å². The molecule has 0 saturated heterocycles. The van der Waals surface area contributed by atoms with Gasteiger partial charge in [-0.3, -0.25) is 4.99 Å². The third kappa shape index (κ3) is 1.49. The number of nitrogens with zero attached hydrogens (tertiary/aromatic N) is 2. The van der Waals surface area contributed by atoms with Gasteiger partial charge in [-0.2, -0.15) is 0 Å². The maximum absolute atomic E-state index is 11.8. The van der Waals surface area contributed by atoms with E-state index >= 15 is 0 Å². The van der Waals surface area contributed by atoms with Crippen LogP contribution in [0.3, 0.4) is 0 Å². The maximum Gasteiger partial charge on any atom is 0.134 e. The van der Waals surface area contributed by atoms with Crippen molar-refractivity contribution in [3.63, 3.8) is 0 Å².